The summed E-state index contributed by atoms with van der Waals surface area (Å²) in [7, 11) is 4.28. The Kier molecular flexibility index (Phi) is 6.04. The van der Waals surface area contributed by atoms with E-state index in [1.165, 1.54) is 45.1 Å². The van der Waals surface area contributed by atoms with Crippen LogP contribution in [0.25, 0.3) is 0 Å². The third-order valence-corrected chi connectivity index (χ3v) is 11.6. The zero-order valence-corrected chi connectivity index (χ0v) is 22.0. The maximum absolute atomic E-state index is 12.9. The summed E-state index contributed by atoms with van der Waals surface area (Å²) >= 11 is 0. The molecule has 186 valence electrons. The monoisotopic (exact) mass is 456 g/mol. The van der Waals surface area contributed by atoms with E-state index in [4.69, 9.17) is 0 Å². The Labute approximate surface area is 202 Å². The van der Waals surface area contributed by atoms with Crippen molar-refractivity contribution in [3.8, 4) is 0 Å². The van der Waals surface area contributed by atoms with Crippen molar-refractivity contribution in [2.45, 2.75) is 104 Å². The zero-order chi connectivity index (χ0) is 23.7. The summed E-state index contributed by atoms with van der Waals surface area (Å²) in [6.07, 6.45) is 12.6. The minimum Gasteiger partial charge on any atom is -0.383 e. The Hall–Kier alpha value is -0.870. The second kappa shape index (κ2) is 8.36. The zero-order valence-electron chi connectivity index (χ0n) is 22.0. The number of carbonyl (C=O) groups is 1. The molecule has 3 saturated carbocycles. The van der Waals surface area contributed by atoms with Gasteiger partial charge in [0.05, 0.1) is 0 Å². The lowest BCUT2D eigenvalue weighted by Gasteiger charge is -2.58. The maximum Gasteiger partial charge on any atom is 0.251 e. The lowest BCUT2D eigenvalue weighted by atomic mass is 9.47. The minimum atomic E-state index is -0.857. The quantitative estimate of drug-likeness (QED) is 0.598. The number of hydrogen-bond donors (Lipinski definition) is 1. The fraction of sp³-hybridized carbons (Fsp3) is 0.897. The number of likely N-dealkylation sites (N-methyl/N-ethyl adjacent to an activating group) is 1. The molecule has 1 saturated heterocycles. The molecule has 0 aromatic carbocycles. The molecule has 1 spiro atoms. The first-order valence-electron chi connectivity index (χ1n) is 13.9. The van der Waals surface area contributed by atoms with Crippen molar-refractivity contribution < 1.29 is 9.90 Å². The molecule has 4 fully saturated rings. The van der Waals surface area contributed by atoms with Crippen LogP contribution >= 0.6 is 0 Å². The van der Waals surface area contributed by atoms with Gasteiger partial charge in [-0.15, -0.1) is 0 Å². The van der Waals surface area contributed by atoms with Gasteiger partial charge in [0.15, 0.2) is 0 Å². The van der Waals surface area contributed by atoms with Crippen molar-refractivity contribution in [2.75, 3.05) is 20.6 Å². The number of nitrogens with zero attached hydrogens (tertiary/aromatic N) is 2. The highest BCUT2D eigenvalue weighted by atomic mass is 16.3. The number of amides is 1. The standard InChI is InChI=1S/C29H48N2O2/c1-18(2)15-26(32)27(33)31(6)21-11-13-28(4)20(16-21)7-8-22-24(28)12-14-29-17-30(5)19(3)23(29)9-10-25(22)29/h7,18-19,21-26,32H,8-17H2,1-6H3/t19-,21-,22+,23+,24-,25?,26?,28-,29-/m0/s1. The van der Waals surface area contributed by atoms with Crippen molar-refractivity contribution in [3.63, 3.8) is 0 Å². The Bertz CT molecular complexity index is 807. The highest BCUT2D eigenvalue weighted by Crippen LogP contribution is 2.68. The van der Waals surface area contributed by atoms with E-state index in [9.17, 15) is 9.90 Å². The number of carbonyl (C=O) groups excluding carboxylic acids is 1. The van der Waals surface area contributed by atoms with Crippen molar-refractivity contribution in [3.05, 3.63) is 11.6 Å². The number of fused-ring (bicyclic) bond motifs is 4. The van der Waals surface area contributed by atoms with Crippen molar-refractivity contribution in [1.29, 1.82) is 0 Å². The molecule has 5 rings (SSSR count). The molecular weight excluding hydrogens is 408 g/mol. The highest BCUT2D eigenvalue weighted by Gasteiger charge is 2.64. The van der Waals surface area contributed by atoms with E-state index in [1.54, 1.807) is 5.57 Å². The van der Waals surface area contributed by atoms with Crippen LogP contribution in [0.15, 0.2) is 11.6 Å². The SMILES string of the molecule is CC(C)CC(O)C(=O)N(C)[C@H]1CC[C@@]2(C)C(=CC[C@H]3C4CC[C@@H]5[C@H](C)N(C)C[C@]45CC[C@@H]32)C1. The maximum atomic E-state index is 12.9. The van der Waals surface area contributed by atoms with Crippen molar-refractivity contribution in [2.24, 2.45) is 40.4 Å². The summed E-state index contributed by atoms with van der Waals surface area (Å²) < 4.78 is 0. The summed E-state index contributed by atoms with van der Waals surface area (Å²) in [5.41, 5.74) is 2.53. The van der Waals surface area contributed by atoms with Crippen LogP contribution in [0.1, 0.15) is 85.5 Å². The summed E-state index contributed by atoms with van der Waals surface area (Å²) in [6.45, 7) is 10.5. The molecule has 4 nitrogen and oxygen atoms in total. The average Bonchev–Trinajstić information content (AvgIpc) is 3.25. The summed E-state index contributed by atoms with van der Waals surface area (Å²) in [5.74, 6) is 3.76. The largest absolute Gasteiger partial charge is 0.383 e. The molecule has 1 N–H and O–H groups in total. The second-order valence-corrected chi connectivity index (χ2v) is 13.4. The average molecular weight is 457 g/mol. The van der Waals surface area contributed by atoms with Gasteiger partial charge in [-0.1, -0.05) is 32.4 Å². The lowest BCUT2D eigenvalue weighted by Crippen LogP contribution is -2.53. The van der Waals surface area contributed by atoms with E-state index >= 15 is 0 Å². The molecule has 0 radical (unpaired) electrons. The Morgan fingerprint density at radius 3 is 2.64 bits per heavy atom. The van der Waals surface area contributed by atoms with Gasteiger partial charge < -0.3 is 14.9 Å². The smallest absolute Gasteiger partial charge is 0.251 e. The van der Waals surface area contributed by atoms with Crippen LogP contribution in [0.5, 0.6) is 0 Å². The molecular formula is C29H48N2O2. The minimum absolute atomic E-state index is 0.0809. The normalized spacial score (nSPS) is 45.6. The molecule has 1 aliphatic heterocycles. The van der Waals surface area contributed by atoms with E-state index in [0.717, 1.165) is 42.6 Å². The van der Waals surface area contributed by atoms with Crippen LogP contribution in [-0.4, -0.2) is 59.6 Å². The summed E-state index contributed by atoms with van der Waals surface area (Å²) in [6, 6.07) is 0.997. The Balaban J connectivity index is 1.32. The fourth-order valence-corrected chi connectivity index (χ4v) is 9.74. The highest BCUT2D eigenvalue weighted by molar-refractivity contribution is 5.80. The molecule has 0 bridgehead atoms. The van der Waals surface area contributed by atoms with Gasteiger partial charge in [-0.2, -0.15) is 0 Å². The fourth-order valence-electron chi connectivity index (χ4n) is 9.74. The number of likely N-dealkylation sites (tertiary alicyclic amines) is 1. The number of rotatable bonds is 4. The second-order valence-electron chi connectivity index (χ2n) is 13.4. The molecule has 1 amide bonds. The van der Waals surface area contributed by atoms with Crippen LogP contribution < -0.4 is 0 Å². The first kappa shape index (κ1) is 23.9. The van der Waals surface area contributed by atoms with Crippen LogP contribution in [0, 0.1) is 40.4 Å². The summed E-state index contributed by atoms with van der Waals surface area (Å²) in [4.78, 5) is 17.4. The first-order chi connectivity index (χ1) is 15.6. The molecule has 0 aromatic rings. The van der Waals surface area contributed by atoms with Crippen molar-refractivity contribution in [1.82, 2.24) is 9.80 Å². The van der Waals surface area contributed by atoms with E-state index in [1.807, 2.05) is 11.9 Å². The van der Waals surface area contributed by atoms with Gasteiger partial charge in [0.1, 0.15) is 6.10 Å². The number of aliphatic hydroxyl groups excluding tert-OH is 1. The van der Waals surface area contributed by atoms with E-state index in [0.29, 0.717) is 23.2 Å². The molecule has 4 heteroatoms. The molecule has 4 aliphatic carbocycles. The topological polar surface area (TPSA) is 43.8 Å². The van der Waals surface area contributed by atoms with Gasteiger partial charge in [-0.3, -0.25) is 4.79 Å². The van der Waals surface area contributed by atoms with Crippen LogP contribution in [-0.2, 0) is 4.79 Å². The molecule has 33 heavy (non-hydrogen) atoms. The number of hydrogen-bond acceptors (Lipinski definition) is 3. The van der Waals surface area contributed by atoms with E-state index in [-0.39, 0.29) is 11.9 Å². The molecule has 0 aromatic heterocycles. The lowest BCUT2D eigenvalue weighted by molar-refractivity contribution is -0.142. The van der Waals surface area contributed by atoms with Crippen LogP contribution in [0.2, 0.25) is 0 Å². The number of aliphatic hydroxyl groups is 1. The van der Waals surface area contributed by atoms with Gasteiger partial charge in [0.2, 0.25) is 0 Å². The molecule has 5 aliphatic rings. The van der Waals surface area contributed by atoms with E-state index in [2.05, 4.69) is 45.7 Å². The van der Waals surface area contributed by atoms with Gasteiger partial charge >= 0.3 is 0 Å². The third-order valence-electron chi connectivity index (χ3n) is 11.6. The number of allylic oxidation sites excluding steroid dienone is 1. The molecule has 9 atom stereocenters. The van der Waals surface area contributed by atoms with Gasteiger partial charge in [0.25, 0.3) is 5.91 Å². The van der Waals surface area contributed by atoms with Crippen molar-refractivity contribution >= 4 is 5.91 Å². The predicted molar refractivity (Wildman–Crippen MR) is 134 cm³/mol. The molecule has 2 unspecified atom stereocenters. The van der Waals surface area contributed by atoms with E-state index < -0.39 is 6.10 Å². The first-order valence-corrected chi connectivity index (χ1v) is 13.9. The van der Waals surface area contributed by atoms with Crippen LogP contribution in [0.4, 0.5) is 0 Å². The van der Waals surface area contributed by atoms with Gasteiger partial charge in [-0.25, -0.2) is 0 Å². The Morgan fingerprint density at radius 1 is 1.18 bits per heavy atom. The third kappa shape index (κ3) is 3.56. The molecule has 1 heterocycles. The van der Waals surface area contributed by atoms with Gasteiger partial charge in [0, 0.05) is 25.7 Å². The summed E-state index contributed by atoms with van der Waals surface area (Å²) in [5, 5.41) is 10.4. The van der Waals surface area contributed by atoms with Gasteiger partial charge in [-0.05, 0) is 112 Å². The predicted octanol–water partition coefficient (Wildman–Crippen LogP) is 5.11. The Morgan fingerprint density at radius 2 is 1.91 bits per heavy atom. The van der Waals surface area contributed by atoms with Crippen LogP contribution in [0.3, 0.4) is 0 Å².